The fraction of sp³-hybridized carbons (Fsp3) is 0.500. The lowest BCUT2D eigenvalue weighted by Gasteiger charge is -2.32. The van der Waals surface area contributed by atoms with E-state index in [1.165, 1.54) is 17.8 Å². The van der Waals surface area contributed by atoms with E-state index in [0.29, 0.717) is 18.4 Å². The van der Waals surface area contributed by atoms with Crippen LogP contribution in [0.25, 0.3) is 11.3 Å². The summed E-state index contributed by atoms with van der Waals surface area (Å²) in [5.74, 6) is 0.993. The van der Waals surface area contributed by atoms with Gasteiger partial charge in [0.2, 0.25) is 0 Å². The first-order chi connectivity index (χ1) is 15.4. The summed E-state index contributed by atoms with van der Waals surface area (Å²) in [5, 5.41) is 14.2. The van der Waals surface area contributed by atoms with Gasteiger partial charge in [-0.05, 0) is 50.5 Å². The average Bonchev–Trinajstić information content (AvgIpc) is 3.41. The van der Waals surface area contributed by atoms with Crippen LogP contribution in [0.2, 0.25) is 0 Å². The van der Waals surface area contributed by atoms with E-state index in [0.717, 1.165) is 50.3 Å². The van der Waals surface area contributed by atoms with E-state index in [2.05, 4.69) is 45.2 Å². The first-order valence-electron chi connectivity index (χ1n) is 11.3. The summed E-state index contributed by atoms with van der Waals surface area (Å²) in [6.07, 6.45) is 4.13. The number of aryl methyl sites for hydroxylation is 1. The Morgan fingerprint density at radius 1 is 1.06 bits per heavy atom. The molecule has 8 heteroatoms. The summed E-state index contributed by atoms with van der Waals surface area (Å²) in [7, 11) is 0. The number of halogens is 2. The van der Waals surface area contributed by atoms with Crippen molar-refractivity contribution in [2.45, 2.75) is 52.4 Å². The molecule has 2 N–H and O–H groups in total. The average molecular weight is 444 g/mol. The number of rotatable bonds is 8. The molecular weight excluding hydrogens is 412 g/mol. The van der Waals surface area contributed by atoms with E-state index in [1.807, 2.05) is 0 Å². The van der Waals surface area contributed by atoms with Crippen LogP contribution in [0, 0.1) is 24.5 Å². The first kappa shape index (κ1) is 22.3. The van der Waals surface area contributed by atoms with E-state index in [-0.39, 0.29) is 17.0 Å². The van der Waals surface area contributed by atoms with Gasteiger partial charge in [0.15, 0.2) is 5.82 Å². The maximum absolute atomic E-state index is 14.4. The molecule has 0 bridgehead atoms. The molecule has 3 aromatic rings. The Labute approximate surface area is 187 Å². The van der Waals surface area contributed by atoms with Gasteiger partial charge < -0.3 is 9.64 Å². The van der Waals surface area contributed by atoms with Crippen molar-refractivity contribution in [3.8, 4) is 17.0 Å². The van der Waals surface area contributed by atoms with Crippen LogP contribution in [0.5, 0.6) is 5.75 Å². The summed E-state index contributed by atoms with van der Waals surface area (Å²) >= 11 is 0. The lowest BCUT2D eigenvalue weighted by Crippen LogP contribution is -2.34. The number of piperidine rings is 1. The van der Waals surface area contributed by atoms with Crippen molar-refractivity contribution in [3.63, 3.8) is 0 Å². The molecule has 1 aromatic carbocycles. The molecule has 3 heterocycles. The predicted octanol–water partition coefficient (Wildman–Crippen LogP) is 5.59. The monoisotopic (exact) mass is 443 g/mol. The Morgan fingerprint density at radius 2 is 1.78 bits per heavy atom. The molecule has 1 fully saturated rings. The zero-order chi connectivity index (χ0) is 22.7. The van der Waals surface area contributed by atoms with E-state index >= 15 is 0 Å². The van der Waals surface area contributed by atoms with Gasteiger partial charge in [-0.15, -0.1) is 0 Å². The van der Waals surface area contributed by atoms with Gasteiger partial charge in [-0.3, -0.25) is 10.2 Å². The fourth-order valence-electron chi connectivity index (χ4n) is 4.22. The summed E-state index contributed by atoms with van der Waals surface area (Å²) < 4.78 is 34.5. The van der Waals surface area contributed by atoms with E-state index in [4.69, 9.17) is 4.74 Å². The highest BCUT2D eigenvalue weighted by molar-refractivity contribution is 5.62. The third-order valence-electron chi connectivity index (χ3n) is 6.15. The van der Waals surface area contributed by atoms with Crippen LogP contribution in [-0.4, -0.2) is 40.1 Å². The molecule has 0 amide bonds. The highest BCUT2D eigenvalue weighted by Crippen LogP contribution is 2.30. The second kappa shape index (κ2) is 9.71. The molecule has 1 aliphatic heterocycles. The molecule has 2 aromatic heterocycles. The number of hydrogen-bond acceptors (Lipinski definition) is 4. The normalized spacial score (nSPS) is 15.0. The van der Waals surface area contributed by atoms with Gasteiger partial charge in [0.25, 0.3) is 0 Å². The molecule has 4 rings (SSSR count). The van der Waals surface area contributed by atoms with Gasteiger partial charge in [0.1, 0.15) is 17.4 Å². The Hall–Kier alpha value is -2.90. The Morgan fingerprint density at radius 3 is 2.38 bits per heavy atom. The van der Waals surface area contributed by atoms with Crippen LogP contribution < -0.4 is 9.64 Å². The topological polar surface area (TPSA) is 69.8 Å². The van der Waals surface area contributed by atoms with Gasteiger partial charge in [0, 0.05) is 42.7 Å². The van der Waals surface area contributed by atoms with Crippen LogP contribution in [0.15, 0.2) is 24.3 Å². The van der Waals surface area contributed by atoms with Crippen molar-refractivity contribution >= 4 is 5.82 Å². The molecule has 0 aliphatic carbocycles. The summed E-state index contributed by atoms with van der Waals surface area (Å²) in [6.45, 7) is 8.53. The van der Waals surface area contributed by atoms with Crippen LogP contribution in [0.3, 0.4) is 0 Å². The molecular formula is C24H31F2N5O. The predicted molar refractivity (Wildman–Crippen MR) is 121 cm³/mol. The fourth-order valence-corrected chi connectivity index (χ4v) is 4.22. The van der Waals surface area contributed by atoms with E-state index in [9.17, 15) is 8.78 Å². The van der Waals surface area contributed by atoms with E-state index in [1.54, 1.807) is 13.0 Å². The molecule has 0 saturated carbocycles. The zero-order valence-electron chi connectivity index (χ0n) is 18.9. The van der Waals surface area contributed by atoms with E-state index < -0.39 is 11.6 Å². The van der Waals surface area contributed by atoms with Gasteiger partial charge in [-0.2, -0.15) is 10.2 Å². The minimum Gasteiger partial charge on any atom is -0.493 e. The standard InChI is InChI=1S/C24H31F2N5O/c1-15(2)21-14-23(30-28-21)31-8-6-17(7-9-31)5-4-10-32-18-12-19(25)24(20(26)13-18)22-11-16(3)27-29-22/h11-15,17H,4-10H2,1-3H3,(H,27,29)(H,28,30). The Kier molecular flexibility index (Phi) is 6.77. The van der Waals surface area contributed by atoms with Gasteiger partial charge in [-0.1, -0.05) is 13.8 Å². The second-order valence-electron chi connectivity index (χ2n) is 8.96. The highest BCUT2D eigenvalue weighted by atomic mass is 19.1. The molecule has 6 nitrogen and oxygen atoms in total. The number of H-pyrrole nitrogens is 2. The number of ether oxygens (including phenoxy) is 1. The maximum Gasteiger partial charge on any atom is 0.150 e. The lowest BCUT2D eigenvalue weighted by molar-refractivity contribution is 0.277. The molecule has 0 spiro atoms. The second-order valence-corrected chi connectivity index (χ2v) is 8.96. The molecule has 172 valence electrons. The lowest BCUT2D eigenvalue weighted by atomic mass is 9.92. The smallest absolute Gasteiger partial charge is 0.150 e. The van der Waals surface area contributed by atoms with Crippen molar-refractivity contribution < 1.29 is 13.5 Å². The SMILES string of the molecule is Cc1cc(-c2c(F)cc(OCCCC3CCN(c4cc(C(C)C)[nH]n4)CC3)cc2F)n[nH]1. The number of nitrogens with zero attached hydrogens (tertiary/aromatic N) is 3. The number of anilines is 1. The summed E-state index contributed by atoms with van der Waals surface area (Å²) in [6, 6.07) is 6.23. The third-order valence-corrected chi connectivity index (χ3v) is 6.15. The van der Waals surface area contributed by atoms with Crippen LogP contribution in [-0.2, 0) is 0 Å². The highest BCUT2D eigenvalue weighted by Gasteiger charge is 2.21. The van der Waals surface area contributed by atoms with Crippen molar-refractivity contribution in [2.75, 3.05) is 24.6 Å². The molecule has 32 heavy (non-hydrogen) atoms. The van der Waals surface area contributed by atoms with Gasteiger partial charge in [0.05, 0.1) is 17.9 Å². The maximum atomic E-state index is 14.4. The zero-order valence-corrected chi connectivity index (χ0v) is 18.9. The summed E-state index contributed by atoms with van der Waals surface area (Å²) in [4.78, 5) is 2.34. The van der Waals surface area contributed by atoms with Crippen molar-refractivity contribution in [1.29, 1.82) is 0 Å². The van der Waals surface area contributed by atoms with Crippen molar-refractivity contribution in [3.05, 3.63) is 47.3 Å². The number of nitrogens with one attached hydrogen (secondary N) is 2. The molecule has 0 atom stereocenters. The van der Waals surface area contributed by atoms with Crippen molar-refractivity contribution in [2.24, 2.45) is 5.92 Å². The molecule has 0 unspecified atom stereocenters. The van der Waals surface area contributed by atoms with Crippen LogP contribution >= 0.6 is 0 Å². The number of aromatic nitrogens is 4. The largest absolute Gasteiger partial charge is 0.493 e. The van der Waals surface area contributed by atoms with Gasteiger partial charge >= 0.3 is 0 Å². The van der Waals surface area contributed by atoms with Gasteiger partial charge in [-0.25, -0.2) is 8.78 Å². The molecule has 1 aliphatic rings. The quantitative estimate of drug-likeness (QED) is 0.446. The molecule has 1 saturated heterocycles. The van der Waals surface area contributed by atoms with Crippen LogP contribution in [0.4, 0.5) is 14.6 Å². The Balaban J connectivity index is 1.22. The minimum absolute atomic E-state index is 0.133. The first-order valence-corrected chi connectivity index (χ1v) is 11.3. The number of hydrogen-bond donors (Lipinski definition) is 2. The third kappa shape index (κ3) is 5.11. The van der Waals surface area contributed by atoms with Crippen molar-refractivity contribution in [1.82, 2.24) is 20.4 Å². The Bertz CT molecular complexity index is 1010. The number of aromatic amines is 2. The van der Waals surface area contributed by atoms with Crippen LogP contribution in [0.1, 0.15) is 56.8 Å². The summed E-state index contributed by atoms with van der Waals surface area (Å²) in [5.41, 5.74) is 2.03. The molecule has 0 radical (unpaired) electrons. The number of benzene rings is 1. The minimum atomic E-state index is -0.669.